The van der Waals surface area contributed by atoms with Crippen molar-refractivity contribution in [3.63, 3.8) is 0 Å². The van der Waals surface area contributed by atoms with Crippen LogP contribution < -0.4 is 0 Å². The van der Waals surface area contributed by atoms with Gasteiger partial charge in [0.1, 0.15) is 78.6 Å². The molecule has 6 heterocycles. The van der Waals surface area contributed by atoms with Crippen LogP contribution in [-0.4, -0.2) is 81.6 Å². The predicted molar refractivity (Wildman–Crippen MR) is 380 cm³/mol. The first-order valence-electron chi connectivity index (χ1n) is 31.8. The van der Waals surface area contributed by atoms with E-state index in [1.165, 1.54) is 26.0 Å². The number of carbonyl (C=O) groups is 9. The lowest BCUT2D eigenvalue weighted by Crippen LogP contribution is -2.50. The van der Waals surface area contributed by atoms with Gasteiger partial charge in [-0.25, -0.2) is 24.5 Å². The van der Waals surface area contributed by atoms with Crippen molar-refractivity contribution in [1.82, 2.24) is 9.80 Å². The van der Waals surface area contributed by atoms with Crippen LogP contribution in [0, 0.1) is 22.7 Å². The van der Waals surface area contributed by atoms with Gasteiger partial charge in [0, 0.05) is 27.8 Å². The number of thiophene rings is 4. The van der Waals surface area contributed by atoms with Crippen LogP contribution in [-0.2, 0) is 112 Å². The average Bonchev–Trinajstić information content (AvgIpc) is 1.49. The Kier molecular flexibility index (Phi) is 18.6. The van der Waals surface area contributed by atoms with Crippen LogP contribution in [0.4, 0.5) is 19.6 Å². The number of rotatable bonds is 18. The maximum absolute atomic E-state index is 16.2. The first-order chi connectivity index (χ1) is 50.0. The van der Waals surface area contributed by atoms with Crippen LogP contribution in [0.1, 0.15) is 69.5 Å². The molecule has 0 spiro atoms. The highest BCUT2D eigenvalue weighted by Crippen LogP contribution is 2.68. The van der Waals surface area contributed by atoms with Gasteiger partial charge in [-0.05, 0) is 64.9 Å². The molecule has 0 N–H and O–H groups in total. The van der Waals surface area contributed by atoms with Gasteiger partial charge in [0.05, 0.1) is 41.2 Å². The van der Waals surface area contributed by atoms with E-state index in [0.717, 1.165) is 50.2 Å². The summed E-state index contributed by atoms with van der Waals surface area (Å²) in [6.07, 6.45) is -2.42. The highest BCUT2D eigenvalue weighted by molar-refractivity contribution is 7.35. The number of hydrogen-bond donors (Lipinski definition) is 0. The topological polar surface area (TPSA) is 288 Å². The number of ether oxygens (including phenoxy) is 6. The lowest BCUT2D eigenvalue weighted by Gasteiger charge is -2.27. The van der Waals surface area contributed by atoms with Crippen molar-refractivity contribution in [3.05, 3.63) is 272 Å². The first kappa shape index (κ1) is 67.8. The molecule has 508 valence electrons. The third-order valence-corrected chi connectivity index (χ3v) is 22.6. The fourth-order valence-corrected chi connectivity index (χ4v) is 18.1. The van der Waals surface area contributed by atoms with E-state index in [9.17, 15) is 34.5 Å². The van der Waals surface area contributed by atoms with Crippen LogP contribution in [0.2, 0.25) is 0 Å². The summed E-state index contributed by atoms with van der Waals surface area (Å²) in [4.78, 5) is 147. The summed E-state index contributed by atoms with van der Waals surface area (Å²) < 4.78 is 36.8. The fourth-order valence-electron chi connectivity index (χ4n) is 12.5. The lowest BCUT2D eigenvalue weighted by atomic mass is 9.77. The molecule has 2 aliphatic carbocycles. The number of carbonyl (C=O) groups excluding carboxylic acids is 9. The summed E-state index contributed by atoms with van der Waals surface area (Å²) in [7, 11) is 0. The van der Waals surface area contributed by atoms with Crippen LogP contribution in [0.25, 0.3) is 28.9 Å². The minimum absolute atomic E-state index is 0.0138. The van der Waals surface area contributed by atoms with Crippen molar-refractivity contribution in [2.75, 3.05) is 6.54 Å². The van der Waals surface area contributed by atoms with Gasteiger partial charge in [0.2, 0.25) is 10.8 Å². The molecule has 0 saturated carbocycles. The quantitative estimate of drug-likeness (QED) is 0.0334. The maximum atomic E-state index is 16.2. The van der Waals surface area contributed by atoms with Crippen LogP contribution in [0.15, 0.2) is 226 Å². The minimum Gasteiger partial charge on any atom is -0.459 e. The summed E-state index contributed by atoms with van der Waals surface area (Å²) in [6, 6.07) is 58.8. The molecule has 0 unspecified atom stereocenters. The van der Waals surface area contributed by atoms with Crippen molar-refractivity contribution in [3.8, 4) is 31.6 Å². The molecule has 5 amide bonds. The Hall–Kier alpha value is -12.4. The number of benzene rings is 6. The Bertz CT molecular complexity index is 5280. The number of amides is 5. The third-order valence-electron chi connectivity index (χ3n) is 17.6. The second kappa shape index (κ2) is 28.3. The van der Waals surface area contributed by atoms with E-state index < -0.39 is 82.4 Å². The average molecular weight is 1440 g/mol. The molecule has 0 bridgehead atoms. The van der Waals surface area contributed by atoms with Crippen molar-refractivity contribution >= 4 is 130 Å². The van der Waals surface area contributed by atoms with Crippen LogP contribution >= 0.6 is 45.3 Å². The summed E-state index contributed by atoms with van der Waals surface area (Å²) in [5.74, 6) is -7.80. The second-order valence-corrected chi connectivity index (χ2v) is 27.9. The van der Waals surface area contributed by atoms with Crippen molar-refractivity contribution in [1.29, 1.82) is 10.5 Å². The summed E-state index contributed by atoms with van der Waals surface area (Å²) >= 11 is 4.01. The number of esters is 4. The van der Waals surface area contributed by atoms with E-state index >= 15 is 19.2 Å². The molecule has 6 aromatic carbocycles. The van der Waals surface area contributed by atoms with E-state index in [1.807, 2.05) is 6.07 Å². The summed E-state index contributed by atoms with van der Waals surface area (Å²) in [5, 5.41) is 20.9. The molecule has 21 nitrogen and oxygen atoms in total. The van der Waals surface area contributed by atoms with E-state index in [4.69, 9.17) is 38.4 Å². The Morgan fingerprint density at radius 2 is 0.748 bits per heavy atom. The molecule has 0 saturated heterocycles. The number of imide groups is 4. The fraction of sp³-hybridized carbons (Fsp3) is 0.141. The molecule has 103 heavy (non-hydrogen) atoms. The van der Waals surface area contributed by atoms with E-state index in [0.29, 0.717) is 43.1 Å². The Morgan fingerprint density at radius 1 is 0.417 bits per heavy atom. The number of nitrogens with zero attached hydrogens (tertiary/aromatic N) is 6. The van der Waals surface area contributed by atoms with E-state index in [2.05, 4.69) is 0 Å². The highest BCUT2D eigenvalue weighted by Gasteiger charge is 2.65. The van der Waals surface area contributed by atoms with Gasteiger partial charge in [0.25, 0.3) is 17.7 Å². The number of nitriles is 2. The summed E-state index contributed by atoms with van der Waals surface area (Å²) in [5.41, 5.74) is -3.02. The smallest absolute Gasteiger partial charge is 0.424 e. The zero-order valence-corrected chi connectivity index (χ0v) is 57.6. The molecule has 14 rings (SSSR count). The Balaban J connectivity index is 0.977. The van der Waals surface area contributed by atoms with E-state index in [-0.39, 0.29) is 118 Å². The van der Waals surface area contributed by atoms with Gasteiger partial charge >= 0.3 is 36.1 Å². The van der Waals surface area contributed by atoms with Crippen molar-refractivity contribution in [2.45, 2.75) is 64.3 Å². The number of fused-ring (bicyclic) bond motifs is 9. The zero-order valence-electron chi connectivity index (χ0n) is 54.4. The molecular weight excluding hydrogens is 1390 g/mol. The third kappa shape index (κ3) is 12.2. The predicted octanol–water partition coefficient (Wildman–Crippen LogP) is 14.3. The molecule has 0 fully saturated rings. The number of aliphatic imine (C=N–C) groups is 2. The zero-order chi connectivity index (χ0) is 71.7. The monoisotopic (exact) mass is 1440 g/mol. The molecule has 25 heteroatoms. The van der Waals surface area contributed by atoms with Gasteiger partial charge < -0.3 is 28.4 Å². The molecular formula is C78H52N6O15S4. The van der Waals surface area contributed by atoms with E-state index in [1.54, 1.807) is 188 Å². The number of hydrogen-bond acceptors (Lipinski definition) is 23. The maximum Gasteiger partial charge on any atom is 0.424 e. The Morgan fingerprint density at radius 3 is 1.11 bits per heavy atom. The van der Waals surface area contributed by atoms with Gasteiger partial charge in [-0.3, -0.25) is 33.6 Å². The lowest BCUT2D eigenvalue weighted by molar-refractivity contribution is -0.166. The van der Waals surface area contributed by atoms with Crippen LogP contribution in [0.5, 0.6) is 0 Å². The molecule has 0 atom stereocenters. The van der Waals surface area contributed by atoms with Gasteiger partial charge in [0.15, 0.2) is 0 Å². The van der Waals surface area contributed by atoms with Gasteiger partial charge in [-0.1, -0.05) is 182 Å². The molecule has 2 aliphatic heterocycles. The molecule has 4 aromatic heterocycles. The summed E-state index contributed by atoms with van der Waals surface area (Å²) in [6.45, 7) is 0.471. The first-order valence-corrected chi connectivity index (χ1v) is 35.1. The van der Waals surface area contributed by atoms with Crippen molar-refractivity contribution in [2.24, 2.45) is 9.98 Å². The molecule has 0 radical (unpaired) electrons. The largest absolute Gasteiger partial charge is 0.459 e. The SMILES string of the molecule is CC1=C(C#N)C(=O)N(C(=O)OCc2ccccc2)CC1=Nc1cc2c(s1)-c1sc3c4c(sc3c1C2(C(=O)OCc1ccccc1)C(=O)OCc1ccccc1)-c1sc(N=C2C(=O)N(C(=O)OCc3ccccc3)C(=O)C(C#N)=C2C)cc1C4(C(=O)OCc1ccccc1)C(=O)OCc1ccccc1. The highest BCUT2D eigenvalue weighted by atomic mass is 32.1. The molecule has 10 aromatic rings. The standard InChI is InChI=1S/C78H52N6O15S4/c1-44-52(35-79)68(85)83(75(92)98-42-50-29-17-7-18-30-50)37-56(44)81-57-33-54-62(100-57)64-59(77(54,71(88)94-38-46-21-9-3-10-22-46)72(89)95-39-47-23-11-4-12-24-47)66-67(102-64)60-65(103-66)63-55(78(60,73(90)96-40-48-25-13-5-14-26-48)74(91)97-41-49-27-15-6-16-28-49)34-58(101-63)82-61-45(2)53(36-80)69(86)84(70(61)87)76(93)99-43-51-31-19-8-20-32-51/h3-34H,37-43H2,1-2H3. The van der Waals surface area contributed by atoms with Crippen molar-refractivity contribution < 1.29 is 71.6 Å². The van der Waals surface area contributed by atoms with Crippen LogP contribution in [0.3, 0.4) is 0 Å². The Labute approximate surface area is 602 Å². The van der Waals surface area contributed by atoms with Gasteiger partial charge in [-0.2, -0.15) is 15.4 Å². The minimum atomic E-state index is -2.60. The normalized spacial score (nSPS) is 15.4. The van der Waals surface area contributed by atoms with Gasteiger partial charge in [-0.15, -0.1) is 45.3 Å². The second-order valence-electron chi connectivity index (χ2n) is 23.8. The molecule has 4 aliphatic rings.